The monoisotopic (exact) mass is 209 g/mol. The van der Waals surface area contributed by atoms with E-state index in [1.165, 1.54) is 5.39 Å². The maximum absolute atomic E-state index is 6.02. The number of benzene rings is 2. The number of aromatic nitrogens is 2. The third kappa shape index (κ3) is 1.26. The summed E-state index contributed by atoms with van der Waals surface area (Å²) in [5.41, 5.74) is 7.74. The van der Waals surface area contributed by atoms with Gasteiger partial charge in [-0.1, -0.05) is 30.3 Å². The molecule has 0 atom stereocenters. The molecule has 0 radical (unpaired) electrons. The molecule has 16 heavy (non-hydrogen) atoms. The summed E-state index contributed by atoms with van der Waals surface area (Å²) in [4.78, 5) is 7.36. The second kappa shape index (κ2) is 3.38. The molecular formula is C13H11N3. The van der Waals surface area contributed by atoms with Crippen molar-refractivity contribution < 1.29 is 0 Å². The Balaban J connectivity index is 2.42. The van der Waals surface area contributed by atoms with Crippen LogP contribution in [0.25, 0.3) is 22.2 Å². The molecule has 78 valence electrons. The van der Waals surface area contributed by atoms with Crippen LogP contribution in [0.3, 0.4) is 0 Å². The molecule has 3 nitrogen and oxygen atoms in total. The van der Waals surface area contributed by atoms with Gasteiger partial charge in [0.25, 0.3) is 0 Å². The first kappa shape index (κ1) is 8.97. The molecule has 0 unspecified atom stereocenters. The number of hydrogen-bond acceptors (Lipinski definition) is 2. The Kier molecular flexibility index (Phi) is 1.90. The van der Waals surface area contributed by atoms with Crippen molar-refractivity contribution in [3.05, 3.63) is 48.8 Å². The van der Waals surface area contributed by atoms with E-state index in [1.807, 2.05) is 24.3 Å². The van der Waals surface area contributed by atoms with Crippen LogP contribution in [0.5, 0.6) is 0 Å². The van der Waals surface area contributed by atoms with Crippen LogP contribution in [-0.4, -0.2) is 9.97 Å². The fourth-order valence-corrected chi connectivity index (χ4v) is 1.95. The van der Waals surface area contributed by atoms with E-state index in [0.29, 0.717) is 0 Å². The van der Waals surface area contributed by atoms with Crippen LogP contribution in [0.2, 0.25) is 0 Å². The Morgan fingerprint density at radius 3 is 2.75 bits per heavy atom. The van der Waals surface area contributed by atoms with Gasteiger partial charge in [-0.05, 0) is 16.8 Å². The molecule has 0 fully saturated rings. The van der Waals surface area contributed by atoms with Crippen molar-refractivity contribution >= 4 is 16.5 Å². The highest BCUT2D eigenvalue weighted by Crippen LogP contribution is 2.31. The number of nitrogen functional groups attached to an aromatic ring is 1. The number of hydrogen-bond donors (Lipinski definition) is 2. The fourth-order valence-electron chi connectivity index (χ4n) is 1.95. The molecule has 3 aromatic rings. The summed E-state index contributed by atoms with van der Waals surface area (Å²) in [6.45, 7) is 0. The summed E-state index contributed by atoms with van der Waals surface area (Å²) < 4.78 is 0. The summed E-state index contributed by atoms with van der Waals surface area (Å²) in [6.07, 6.45) is 3.53. The smallest absolute Gasteiger partial charge is 0.139 e. The number of H-pyrrole nitrogens is 1. The lowest BCUT2D eigenvalue weighted by atomic mass is 10.0. The van der Waals surface area contributed by atoms with Crippen molar-refractivity contribution in [3.8, 4) is 11.4 Å². The molecule has 0 aliphatic carbocycles. The lowest BCUT2D eigenvalue weighted by Crippen LogP contribution is -1.92. The zero-order chi connectivity index (χ0) is 11.0. The van der Waals surface area contributed by atoms with Gasteiger partial charge >= 0.3 is 0 Å². The molecule has 2 aromatic carbocycles. The molecule has 0 saturated carbocycles. The lowest BCUT2D eigenvalue weighted by molar-refractivity contribution is 1.32. The van der Waals surface area contributed by atoms with Crippen LogP contribution in [0, 0.1) is 0 Å². The topological polar surface area (TPSA) is 54.7 Å². The van der Waals surface area contributed by atoms with Crippen LogP contribution < -0.4 is 5.73 Å². The summed E-state index contributed by atoms with van der Waals surface area (Å²) in [5.74, 6) is 0.814. The van der Waals surface area contributed by atoms with Crippen LogP contribution in [0.4, 0.5) is 5.69 Å². The van der Waals surface area contributed by atoms with Crippen molar-refractivity contribution in [1.29, 1.82) is 0 Å². The van der Waals surface area contributed by atoms with Crippen molar-refractivity contribution in [2.75, 3.05) is 5.73 Å². The van der Waals surface area contributed by atoms with E-state index in [-0.39, 0.29) is 0 Å². The second-order valence-corrected chi connectivity index (χ2v) is 3.69. The van der Waals surface area contributed by atoms with Crippen molar-refractivity contribution in [3.63, 3.8) is 0 Å². The van der Waals surface area contributed by atoms with Gasteiger partial charge < -0.3 is 10.7 Å². The molecule has 3 N–H and O–H groups in total. The van der Waals surface area contributed by atoms with Gasteiger partial charge in [-0.25, -0.2) is 4.98 Å². The van der Waals surface area contributed by atoms with Gasteiger partial charge in [-0.2, -0.15) is 0 Å². The maximum Gasteiger partial charge on any atom is 0.139 e. The van der Waals surface area contributed by atoms with Crippen molar-refractivity contribution in [1.82, 2.24) is 9.97 Å². The molecule has 0 amide bonds. The molecule has 0 bridgehead atoms. The Hall–Kier alpha value is -2.29. The molecule has 0 spiro atoms. The summed E-state index contributed by atoms with van der Waals surface area (Å²) >= 11 is 0. The Morgan fingerprint density at radius 1 is 1.06 bits per heavy atom. The van der Waals surface area contributed by atoms with Gasteiger partial charge in [0.1, 0.15) is 5.82 Å². The molecule has 1 aromatic heterocycles. The summed E-state index contributed by atoms with van der Waals surface area (Å²) in [5, 5.41) is 2.29. The standard InChI is InChI=1S/C13H11N3/c14-11-6-5-9-3-1-2-4-10(9)12(11)13-15-7-8-16-13/h1-8H,14H2,(H,15,16). The molecule has 0 aliphatic heterocycles. The van der Waals surface area contributed by atoms with E-state index in [1.54, 1.807) is 12.4 Å². The fraction of sp³-hybridized carbons (Fsp3) is 0. The van der Waals surface area contributed by atoms with E-state index >= 15 is 0 Å². The average molecular weight is 209 g/mol. The molecule has 3 rings (SSSR count). The quantitative estimate of drug-likeness (QED) is 0.605. The van der Waals surface area contributed by atoms with Crippen LogP contribution in [-0.2, 0) is 0 Å². The predicted octanol–water partition coefficient (Wildman–Crippen LogP) is 2.81. The Bertz CT molecular complexity index is 627. The minimum atomic E-state index is 0.744. The predicted molar refractivity (Wildman–Crippen MR) is 65.9 cm³/mol. The van der Waals surface area contributed by atoms with Crippen LogP contribution in [0.15, 0.2) is 48.8 Å². The first-order valence-corrected chi connectivity index (χ1v) is 5.13. The van der Waals surface area contributed by atoms with Crippen molar-refractivity contribution in [2.45, 2.75) is 0 Å². The van der Waals surface area contributed by atoms with Crippen LogP contribution in [0.1, 0.15) is 0 Å². The normalized spacial score (nSPS) is 10.8. The molecule has 1 heterocycles. The SMILES string of the molecule is Nc1ccc2ccccc2c1-c1ncc[nH]1. The van der Waals surface area contributed by atoms with Gasteiger partial charge in [0, 0.05) is 23.6 Å². The first-order valence-electron chi connectivity index (χ1n) is 5.13. The second-order valence-electron chi connectivity index (χ2n) is 3.69. The van der Waals surface area contributed by atoms with Crippen LogP contribution >= 0.6 is 0 Å². The molecule has 0 aliphatic rings. The number of anilines is 1. The number of nitrogens with one attached hydrogen (secondary N) is 1. The number of imidazole rings is 1. The molecular weight excluding hydrogens is 198 g/mol. The Morgan fingerprint density at radius 2 is 1.94 bits per heavy atom. The highest BCUT2D eigenvalue weighted by molar-refractivity contribution is 6.00. The zero-order valence-electron chi connectivity index (χ0n) is 8.64. The van der Waals surface area contributed by atoms with E-state index < -0.39 is 0 Å². The van der Waals surface area contributed by atoms with Gasteiger partial charge in [0.2, 0.25) is 0 Å². The highest BCUT2D eigenvalue weighted by Gasteiger charge is 2.08. The van der Waals surface area contributed by atoms with Gasteiger partial charge in [0.15, 0.2) is 0 Å². The lowest BCUT2D eigenvalue weighted by Gasteiger charge is -2.07. The Labute approximate surface area is 92.9 Å². The number of nitrogens with two attached hydrogens (primary N) is 1. The van der Waals surface area contributed by atoms with Gasteiger partial charge in [0.05, 0.1) is 0 Å². The van der Waals surface area contributed by atoms with Gasteiger partial charge in [-0.3, -0.25) is 0 Å². The minimum Gasteiger partial charge on any atom is -0.398 e. The number of nitrogens with zero attached hydrogens (tertiary/aromatic N) is 1. The average Bonchev–Trinajstić information content (AvgIpc) is 2.82. The van der Waals surface area contributed by atoms with E-state index in [0.717, 1.165) is 22.5 Å². The van der Waals surface area contributed by atoms with E-state index in [4.69, 9.17) is 5.73 Å². The molecule has 0 saturated heterocycles. The van der Waals surface area contributed by atoms with Gasteiger partial charge in [-0.15, -0.1) is 0 Å². The number of aromatic amines is 1. The zero-order valence-corrected chi connectivity index (χ0v) is 8.64. The molecule has 3 heteroatoms. The van der Waals surface area contributed by atoms with E-state index in [2.05, 4.69) is 22.1 Å². The third-order valence-electron chi connectivity index (χ3n) is 2.70. The minimum absolute atomic E-state index is 0.744. The van der Waals surface area contributed by atoms with E-state index in [9.17, 15) is 0 Å². The largest absolute Gasteiger partial charge is 0.398 e. The number of fused-ring (bicyclic) bond motifs is 1. The summed E-state index contributed by atoms with van der Waals surface area (Å²) in [7, 11) is 0. The van der Waals surface area contributed by atoms with Crippen molar-refractivity contribution in [2.24, 2.45) is 0 Å². The maximum atomic E-state index is 6.02. The first-order chi connectivity index (χ1) is 7.86. The highest BCUT2D eigenvalue weighted by atomic mass is 14.9. The number of rotatable bonds is 1. The summed E-state index contributed by atoms with van der Waals surface area (Å²) in [6, 6.07) is 12.1. The third-order valence-corrected chi connectivity index (χ3v) is 2.70.